The molecule has 1 saturated heterocycles. The van der Waals surface area contributed by atoms with Crippen molar-refractivity contribution in [2.24, 2.45) is 14.1 Å². The fourth-order valence-electron chi connectivity index (χ4n) is 8.04. The number of carbonyl (C=O) groups excluding carboxylic acids is 2. The van der Waals surface area contributed by atoms with Crippen LogP contribution < -0.4 is 10.6 Å². The molecule has 0 unspecified atom stereocenters. The number of aldehydes is 1. The fraction of sp³-hybridized carbons (Fsp3) is 0.420. The SMILES string of the molecule is C=Cc1cc2cc(C=O)cc(/C=C(\CCCCc3cc(C)c(Cl)c(C)c3)c3ccc(Cl)c(-c4c(C)nn(C)c4C)c3NCCNC=O)c2n1C.CC.CN1CCCCC1.CO. The number of amides is 1. The maximum atomic E-state index is 12.1. The normalized spacial score (nSPS) is 12.6. The first-order valence-electron chi connectivity index (χ1n) is 21.4. The number of nitrogens with one attached hydrogen (secondary N) is 2. The first-order valence-corrected chi connectivity index (χ1v) is 22.2. The van der Waals surface area contributed by atoms with Gasteiger partial charge >= 0.3 is 0 Å². The molecule has 3 N–H and O–H groups in total. The van der Waals surface area contributed by atoms with Crippen LogP contribution in [0.2, 0.25) is 10.0 Å². The quantitative estimate of drug-likeness (QED) is 0.0550. The van der Waals surface area contributed by atoms with Crippen LogP contribution in [0.3, 0.4) is 0 Å². The van der Waals surface area contributed by atoms with E-state index in [4.69, 9.17) is 33.4 Å². The summed E-state index contributed by atoms with van der Waals surface area (Å²) in [5, 5.41) is 20.5. The zero-order chi connectivity index (χ0) is 45.2. The Hall–Kier alpha value is -4.67. The van der Waals surface area contributed by atoms with Crippen molar-refractivity contribution < 1.29 is 14.7 Å². The van der Waals surface area contributed by atoms with E-state index in [9.17, 15) is 9.59 Å². The van der Waals surface area contributed by atoms with Crippen molar-refractivity contribution in [3.05, 3.63) is 110 Å². The van der Waals surface area contributed by atoms with Gasteiger partial charge in [-0.3, -0.25) is 14.3 Å². The lowest BCUT2D eigenvalue weighted by atomic mass is 9.90. The van der Waals surface area contributed by atoms with E-state index in [1.807, 2.05) is 70.7 Å². The minimum absolute atomic E-state index is 0.439. The standard InChI is InChI=1S/C41H45Cl2N5O2.C6H13N.C2H6.CH4O/c1-8-34-22-33-20-30(23-49)19-32(41(33)47(34)6)21-31(12-10-9-11-29-17-25(2)39(43)26(3)18-29)35-13-14-36(42)38(40(35)45-16-15-44-24-50)37-27(4)46-48(7)28(37)5;1-7-5-3-2-4-6-7;2*1-2/h8,13-14,17-24,45H,1,9-12,15-16H2,2-7H3,(H,44,50);2-6H2,1H3;1-2H3;2H,1H3/b31-21+;;;. The molecule has 1 aliphatic heterocycles. The molecule has 61 heavy (non-hydrogen) atoms. The van der Waals surface area contributed by atoms with E-state index >= 15 is 0 Å². The van der Waals surface area contributed by atoms with Gasteiger partial charge in [-0.2, -0.15) is 5.10 Å². The molecule has 0 aliphatic carbocycles. The van der Waals surface area contributed by atoms with Crippen molar-refractivity contribution in [3.8, 4) is 11.1 Å². The Morgan fingerprint density at radius 1 is 0.885 bits per heavy atom. The van der Waals surface area contributed by atoms with Crippen LogP contribution in [0.15, 0.2) is 49.0 Å². The summed E-state index contributed by atoms with van der Waals surface area (Å²) in [7, 11) is 7.15. The number of halogens is 2. The lowest BCUT2D eigenvalue weighted by Crippen LogP contribution is -2.24. The number of allylic oxidation sites excluding steroid dienone is 1. The highest BCUT2D eigenvalue weighted by Crippen LogP contribution is 2.44. The first kappa shape index (κ1) is 50.7. The second kappa shape index (κ2) is 25.3. The van der Waals surface area contributed by atoms with Crippen LogP contribution in [0.5, 0.6) is 0 Å². The number of nitrogens with zero attached hydrogens (tertiary/aromatic N) is 4. The zero-order valence-electron chi connectivity index (χ0n) is 38.1. The predicted octanol–water partition coefficient (Wildman–Crippen LogP) is 11.4. The number of unbranched alkanes of at least 4 members (excludes halogenated alkanes) is 1. The van der Waals surface area contributed by atoms with Gasteiger partial charge in [-0.15, -0.1) is 0 Å². The van der Waals surface area contributed by atoms with Crippen molar-refractivity contribution in [2.45, 2.75) is 86.5 Å². The molecular weight excluding hydrogens is 803 g/mol. The number of aryl methyl sites for hydroxylation is 6. The molecule has 1 aliphatic rings. The third-order valence-electron chi connectivity index (χ3n) is 11.0. The summed E-state index contributed by atoms with van der Waals surface area (Å²) in [6.45, 7) is 19.7. The van der Waals surface area contributed by atoms with Crippen molar-refractivity contribution in [1.29, 1.82) is 0 Å². The zero-order valence-corrected chi connectivity index (χ0v) is 39.7. The Bertz CT molecular complexity index is 2240. The molecular formula is C50H68Cl2N6O3. The van der Waals surface area contributed by atoms with E-state index in [1.54, 1.807) is 0 Å². The van der Waals surface area contributed by atoms with Gasteiger partial charge in [0, 0.05) is 78.3 Å². The molecule has 9 nitrogen and oxygen atoms in total. The summed E-state index contributed by atoms with van der Waals surface area (Å²) >= 11 is 13.5. The molecule has 1 fully saturated rings. The van der Waals surface area contributed by atoms with Gasteiger partial charge in [-0.1, -0.05) is 68.2 Å². The van der Waals surface area contributed by atoms with E-state index in [0.717, 1.165) is 117 Å². The Morgan fingerprint density at radius 3 is 2.11 bits per heavy atom. The highest BCUT2D eigenvalue weighted by atomic mass is 35.5. The van der Waals surface area contributed by atoms with Gasteiger partial charge in [-0.25, -0.2) is 0 Å². The topological polar surface area (TPSA) is 104 Å². The highest BCUT2D eigenvalue weighted by Gasteiger charge is 2.23. The molecule has 6 rings (SSSR count). The average molecular weight is 872 g/mol. The number of anilines is 1. The summed E-state index contributed by atoms with van der Waals surface area (Å²) in [4.78, 5) is 25.7. The van der Waals surface area contributed by atoms with Gasteiger partial charge < -0.3 is 25.2 Å². The maximum Gasteiger partial charge on any atom is 0.207 e. The van der Waals surface area contributed by atoms with Crippen LogP contribution in [0.25, 0.3) is 39.8 Å². The Morgan fingerprint density at radius 2 is 1.56 bits per heavy atom. The van der Waals surface area contributed by atoms with Crippen molar-refractivity contribution in [1.82, 2.24) is 24.6 Å². The number of piperidine rings is 1. The van der Waals surface area contributed by atoms with E-state index < -0.39 is 0 Å². The van der Waals surface area contributed by atoms with Crippen LogP contribution >= 0.6 is 23.2 Å². The minimum Gasteiger partial charge on any atom is -0.400 e. The van der Waals surface area contributed by atoms with E-state index in [2.05, 4.69) is 77.9 Å². The summed E-state index contributed by atoms with van der Waals surface area (Å²) < 4.78 is 3.99. The molecule has 5 aromatic rings. The summed E-state index contributed by atoms with van der Waals surface area (Å²) in [5.74, 6) is 0. The lowest BCUT2D eigenvalue weighted by molar-refractivity contribution is -0.109. The van der Waals surface area contributed by atoms with Crippen LogP contribution in [0.4, 0.5) is 5.69 Å². The van der Waals surface area contributed by atoms with Crippen LogP contribution in [-0.4, -0.2) is 77.4 Å². The molecule has 2 aromatic heterocycles. The molecule has 0 saturated carbocycles. The smallest absolute Gasteiger partial charge is 0.207 e. The second-order valence-electron chi connectivity index (χ2n) is 15.3. The number of hydrogen-bond donors (Lipinski definition) is 3. The van der Waals surface area contributed by atoms with E-state index in [-0.39, 0.29) is 0 Å². The molecule has 330 valence electrons. The Kier molecular flexibility index (Phi) is 21.0. The van der Waals surface area contributed by atoms with Crippen LogP contribution in [0.1, 0.15) is 108 Å². The molecule has 0 atom stereocenters. The fourth-order valence-corrected chi connectivity index (χ4v) is 8.40. The Labute approximate surface area is 374 Å². The lowest BCUT2D eigenvalue weighted by Gasteiger charge is -2.21. The van der Waals surface area contributed by atoms with E-state index in [0.29, 0.717) is 30.1 Å². The predicted molar refractivity (Wildman–Crippen MR) is 261 cm³/mol. The number of carbonyl (C=O) groups is 2. The van der Waals surface area contributed by atoms with Gasteiger partial charge in [-0.05, 0) is 151 Å². The third-order valence-corrected chi connectivity index (χ3v) is 12.0. The maximum absolute atomic E-state index is 12.1. The third kappa shape index (κ3) is 13.2. The number of likely N-dealkylation sites (tertiary alicyclic amines) is 1. The Balaban J connectivity index is 0.000000799. The monoisotopic (exact) mass is 870 g/mol. The van der Waals surface area contributed by atoms with E-state index in [1.165, 1.54) is 37.9 Å². The second-order valence-corrected chi connectivity index (χ2v) is 16.1. The molecule has 0 spiro atoms. The summed E-state index contributed by atoms with van der Waals surface area (Å²) in [5.41, 5.74) is 13.7. The number of hydrogen-bond acceptors (Lipinski definition) is 6. The molecule has 3 heterocycles. The van der Waals surface area contributed by atoms with Gasteiger partial charge in [0.2, 0.25) is 6.41 Å². The van der Waals surface area contributed by atoms with Gasteiger partial charge in [0.15, 0.2) is 0 Å². The van der Waals surface area contributed by atoms with Crippen molar-refractivity contribution >= 4 is 70.2 Å². The summed E-state index contributed by atoms with van der Waals surface area (Å²) in [6.07, 6.45) is 13.5. The molecule has 0 radical (unpaired) electrons. The summed E-state index contributed by atoms with van der Waals surface area (Å²) in [6, 6.07) is 14.3. The minimum atomic E-state index is 0.439. The van der Waals surface area contributed by atoms with Crippen LogP contribution in [-0.2, 0) is 25.3 Å². The number of aromatic nitrogens is 3. The number of benzene rings is 3. The van der Waals surface area contributed by atoms with Gasteiger partial charge in [0.1, 0.15) is 6.29 Å². The van der Waals surface area contributed by atoms with Crippen molar-refractivity contribution in [2.75, 3.05) is 45.7 Å². The van der Waals surface area contributed by atoms with Gasteiger partial charge in [0.25, 0.3) is 0 Å². The molecule has 1 amide bonds. The highest BCUT2D eigenvalue weighted by molar-refractivity contribution is 6.34. The van der Waals surface area contributed by atoms with Gasteiger partial charge in [0.05, 0.1) is 21.9 Å². The largest absolute Gasteiger partial charge is 0.400 e. The first-order chi connectivity index (χ1) is 29.4. The molecule has 3 aromatic carbocycles. The number of fused-ring (bicyclic) bond motifs is 1. The average Bonchev–Trinajstić information content (AvgIpc) is 3.73. The number of aliphatic hydroxyl groups excluding tert-OH is 1. The molecule has 0 bridgehead atoms. The van der Waals surface area contributed by atoms with Crippen molar-refractivity contribution in [3.63, 3.8) is 0 Å². The van der Waals surface area contributed by atoms with Crippen LogP contribution in [0, 0.1) is 27.7 Å². The number of rotatable bonds is 15. The molecule has 11 heteroatoms. The number of aliphatic hydroxyl groups is 1.